The van der Waals surface area contributed by atoms with Gasteiger partial charge in [-0.25, -0.2) is 8.78 Å². The van der Waals surface area contributed by atoms with E-state index in [9.17, 15) is 13.6 Å². The Hall–Kier alpha value is -1.49. The van der Waals surface area contributed by atoms with Crippen LogP contribution >= 0.6 is 0 Å². The standard InChI is InChI=1S/C16H22F2N2O/c1-11-9-13(15(18)10-14(11)17)16(21)20(2)8-5-12-3-6-19-7-4-12/h9-10,12,19H,3-8H2,1-2H3. The van der Waals surface area contributed by atoms with Crippen LogP contribution in [0.15, 0.2) is 12.1 Å². The number of hydrogen-bond acceptors (Lipinski definition) is 2. The molecule has 1 aromatic rings. The Labute approximate surface area is 124 Å². The first kappa shape index (κ1) is 15.9. The van der Waals surface area contributed by atoms with E-state index in [-0.39, 0.29) is 17.0 Å². The van der Waals surface area contributed by atoms with E-state index in [1.54, 1.807) is 7.05 Å². The third-order valence-electron chi connectivity index (χ3n) is 4.16. The zero-order valence-corrected chi connectivity index (χ0v) is 12.6. The highest BCUT2D eigenvalue weighted by atomic mass is 19.1. The number of amides is 1. The first-order chi connectivity index (χ1) is 9.99. The summed E-state index contributed by atoms with van der Waals surface area (Å²) in [6.07, 6.45) is 3.16. The summed E-state index contributed by atoms with van der Waals surface area (Å²) in [5.74, 6) is -1.19. The molecule has 0 radical (unpaired) electrons. The lowest BCUT2D eigenvalue weighted by molar-refractivity contribution is 0.0779. The van der Waals surface area contributed by atoms with E-state index in [4.69, 9.17) is 0 Å². The van der Waals surface area contributed by atoms with Crippen molar-refractivity contribution in [3.05, 3.63) is 34.9 Å². The zero-order valence-electron chi connectivity index (χ0n) is 12.6. The van der Waals surface area contributed by atoms with Crippen LogP contribution in [0, 0.1) is 24.5 Å². The highest BCUT2D eigenvalue weighted by Crippen LogP contribution is 2.18. The maximum Gasteiger partial charge on any atom is 0.256 e. The van der Waals surface area contributed by atoms with Crippen LogP contribution in [0.2, 0.25) is 0 Å². The van der Waals surface area contributed by atoms with Crippen molar-refractivity contribution in [3.8, 4) is 0 Å². The van der Waals surface area contributed by atoms with Gasteiger partial charge in [-0.3, -0.25) is 4.79 Å². The lowest BCUT2D eigenvalue weighted by atomic mass is 9.94. The van der Waals surface area contributed by atoms with Crippen molar-refractivity contribution in [3.63, 3.8) is 0 Å². The van der Waals surface area contributed by atoms with Crippen LogP contribution in [0.25, 0.3) is 0 Å². The fourth-order valence-corrected chi connectivity index (χ4v) is 2.67. The molecule has 5 heteroatoms. The molecule has 3 nitrogen and oxygen atoms in total. The summed E-state index contributed by atoms with van der Waals surface area (Å²) < 4.78 is 27.0. The second-order valence-corrected chi connectivity index (χ2v) is 5.79. The van der Waals surface area contributed by atoms with E-state index in [2.05, 4.69) is 5.32 Å². The SMILES string of the molecule is Cc1cc(C(=O)N(C)CCC2CCNCC2)c(F)cc1F. The molecule has 0 spiro atoms. The van der Waals surface area contributed by atoms with E-state index in [0.717, 1.165) is 38.4 Å². The van der Waals surface area contributed by atoms with Crippen molar-refractivity contribution in [1.82, 2.24) is 10.2 Å². The van der Waals surface area contributed by atoms with Gasteiger partial charge in [0.1, 0.15) is 11.6 Å². The van der Waals surface area contributed by atoms with Gasteiger partial charge >= 0.3 is 0 Å². The number of halogens is 2. The highest BCUT2D eigenvalue weighted by Gasteiger charge is 2.20. The zero-order chi connectivity index (χ0) is 15.4. The average Bonchev–Trinajstić information content (AvgIpc) is 2.49. The number of nitrogens with zero attached hydrogens (tertiary/aromatic N) is 1. The Bertz CT molecular complexity index is 513. The molecule has 21 heavy (non-hydrogen) atoms. The monoisotopic (exact) mass is 296 g/mol. The fraction of sp³-hybridized carbons (Fsp3) is 0.562. The Morgan fingerprint density at radius 1 is 1.29 bits per heavy atom. The van der Waals surface area contributed by atoms with Gasteiger partial charge in [-0.2, -0.15) is 0 Å². The predicted octanol–water partition coefficient (Wildman–Crippen LogP) is 2.73. The first-order valence-corrected chi connectivity index (χ1v) is 7.41. The van der Waals surface area contributed by atoms with Crippen molar-refractivity contribution in [1.29, 1.82) is 0 Å². The molecule has 116 valence electrons. The Kier molecular flexibility index (Phi) is 5.28. The van der Waals surface area contributed by atoms with Gasteiger partial charge < -0.3 is 10.2 Å². The molecule has 1 amide bonds. The van der Waals surface area contributed by atoms with E-state index < -0.39 is 11.6 Å². The molecule has 1 saturated heterocycles. The Morgan fingerprint density at radius 3 is 2.62 bits per heavy atom. The summed E-state index contributed by atoms with van der Waals surface area (Å²) >= 11 is 0. The van der Waals surface area contributed by atoms with Gasteiger partial charge in [0.05, 0.1) is 5.56 Å². The van der Waals surface area contributed by atoms with Crippen molar-refractivity contribution in [2.75, 3.05) is 26.7 Å². The van der Waals surface area contributed by atoms with Gasteiger partial charge in [0.2, 0.25) is 0 Å². The van der Waals surface area contributed by atoms with Gasteiger partial charge in [0.25, 0.3) is 5.91 Å². The highest BCUT2D eigenvalue weighted by molar-refractivity contribution is 5.94. The number of nitrogens with one attached hydrogen (secondary N) is 1. The van der Waals surface area contributed by atoms with Gasteiger partial charge in [-0.15, -0.1) is 0 Å². The minimum Gasteiger partial charge on any atom is -0.342 e. The Morgan fingerprint density at radius 2 is 1.95 bits per heavy atom. The average molecular weight is 296 g/mol. The normalized spacial score (nSPS) is 16.0. The lowest BCUT2D eigenvalue weighted by Crippen LogP contribution is -2.33. The fourth-order valence-electron chi connectivity index (χ4n) is 2.67. The van der Waals surface area contributed by atoms with Crippen molar-refractivity contribution in [2.24, 2.45) is 5.92 Å². The van der Waals surface area contributed by atoms with E-state index in [1.165, 1.54) is 17.9 Å². The second-order valence-electron chi connectivity index (χ2n) is 5.79. The van der Waals surface area contributed by atoms with Crippen LogP contribution in [0.3, 0.4) is 0 Å². The molecule has 1 aliphatic rings. The van der Waals surface area contributed by atoms with Gasteiger partial charge in [-0.1, -0.05) is 0 Å². The molecule has 1 N–H and O–H groups in total. The van der Waals surface area contributed by atoms with Crippen molar-refractivity contribution < 1.29 is 13.6 Å². The van der Waals surface area contributed by atoms with E-state index >= 15 is 0 Å². The minimum absolute atomic E-state index is 0.0540. The van der Waals surface area contributed by atoms with Gasteiger partial charge in [0.15, 0.2) is 0 Å². The molecule has 0 bridgehead atoms. The van der Waals surface area contributed by atoms with Gasteiger partial charge in [-0.05, 0) is 56.8 Å². The van der Waals surface area contributed by atoms with Crippen LogP contribution in [-0.2, 0) is 0 Å². The molecule has 0 unspecified atom stereocenters. The molecule has 0 saturated carbocycles. The topological polar surface area (TPSA) is 32.3 Å². The van der Waals surface area contributed by atoms with Crippen LogP contribution in [0.4, 0.5) is 8.78 Å². The molecule has 1 aliphatic heterocycles. The molecule has 1 fully saturated rings. The number of piperidine rings is 1. The van der Waals surface area contributed by atoms with Crippen molar-refractivity contribution in [2.45, 2.75) is 26.2 Å². The summed E-state index contributed by atoms with van der Waals surface area (Å²) in [7, 11) is 1.67. The van der Waals surface area contributed by atoms with Crippen molar-refractivity contribution >= 4 is 5.91 Å². The molecular weight excluding hydrogens is 274 g/mol. The largest absolute Gasteiger partial charge is 0.342 e. The molecule has 2 rings (SSSR count). The Balaban J connectivity index is 1.97. The smallest absolute Gasteiger partial charge is 0.256 e. The number of carbonyl (C=O) groups is 1. The number of carbonyl (C=O) groups excluding carboxylic acids is 1. The first-order valence-electron chi connectivity index (χ1n) is 7.41. The maximum absolute atomic E-state index is 13.7. The van der Waals surface area contributed by atoms with Crippen LogP contribution in [-0.4, -0.2) is 37.5 Å². The minimum atomic E-state index is -0.795. The number of benzene rings is 1. The number of rotatable bonds is 4. The van der Waals surface area contributed by atoms with E-state index in [0.29, 0.717) is 12.5 Å². The maximum atomic E-state index is 13.7. The molecule has 0 atom stereocenters. The lowest BCUT2D eigenvalue weighted by Gasteiger charge is -2.25. The summed E-state index contributed by atoms with van der Waals surface area (Å²) in [5.41, 5.74) is 0.230. The van der Waals surface area contributed by atoms with Crippen LogP contribution in [0.1, 0.15) is 35.2 Å². The molecule has 1 heterocycles. The van der Waals surface area contributed by atoms with Gasteiger partial charge in [0, 0.05) is 19.7 Å². The second kappa shape index (κ2) is 6.98. The molecular formula is C16H22F2N2O. The van der Waals surface area contributed by atoms with E-state index in [1.807, 2.05) is 0 Å². The molecule has 0 aromatic heterocycles. The summed E-state index contributed by atoms with van der Waals surface area (Å²) in [6, 6.07) is 2.07. The third-order valence-corrected chi connectivity index (χ3v) is 4.16. The number of aryl methyl sites for hydroxylation is 1. The van der Waals surface area contributed by atoms with Crippen LogP contribution < -0.4 is 5.32 Å². The predicted molar refractivity (Wildman–Crippen MR) is 78.3 cm³/mol. The third kappa shape index (κ3) is 4.00. The summed E-state index contributed by atoms with van der Waals surface area (Å²) in [4.78, 5) is 13.8. The van der Waals surface area contributed by atoms with Crippen LogP contribution in [0.5, 0.6) is 0 Å². The quantitative estimate of drug-likeness (QED) is 0.926. The molecule has 0 aliphatic carbocycles. The summed E-state index contributed by atoms with van der Waals surface area (Å²) in [6.45, 7) is 4.17. The molecule has 1 aromatic carbocycles. The number of hydrogen-bond donors (Lipinski definition) is 1. The summed E-state index contributed by atoms with van der Waals surface area (Å²) in [5, 5.41) is 3.30.